The van der Waals surface area contributed by atoms with Crippen LogP contribution in [0.1, 0.15) is 64.4 Å². The molecule has 1 aliphatic heterocycles. The monoisotopic (exact) mass is 563 g/mol. The maximum atomic E-state index is 12.7. The van der Waals surface area contributed by atoms with Gasteiger partial charge in [-0.1, -0.05) is 56.5 Å². The molecule has 0 saturated carbocycles. The quantitative estimate of drug-likeness (QED) is 0.148. The highest BCUT2D eigenvalue weighted by Gasteiger charge is 2.28. The van der Waals surface area contributed by atoms with Crippen molar-refractivity contribution < 1.29 is 28.5 Å². The van der Waals surface area contributed by atoms with Crippen molar-refractivity contribution in [1.29, 1.82) is 0 Å². The second-order valence-electron chi connectivity index (χ2n) is 9.64. The van der Waals surface area contributed by atoms with Crippen LogP contribution in [0.2, 0.25) is 0 Å². The number of ether oxygens (including phenoxy) is 4. The van der Waals surface area contributed by atoms with Crippen molar-refractivity contribution in [3.8, 4) is 5.75 Å². The van der Waals surface area contributed by atoms with E-state index in [9.17, 15) is 9.59 Å². The minimum Gasteiger partial charge on any atom is -0.497 e. The van der Waals surface area contributed by atoms with E-state index < -0.39 is 0 Å². The number of thiophene rings is 1. The van der Waals surface area contributed by atoms with Crippen LogP contribution in [0.4, 0.5) is 5.69 Å². The number of hydrogen-bond acceptors (Lipinski definition) is 7. The molecule has 0 spiro atoms. The number of hydrogen-bond donors (Lipinski definition) is 0. The fourth-order valence-electron chi connectivity index (χ4n) is 4.61. The maximum Gasteiger partial charge on any atom is 0.348 e. The molecule has 0 bridgehead atoms. The zero-order valence-electron chi connectivity index (χ0n) is 23.3. The van der Waals surface area contributed by atoms with Crippen LogP contribution in [-0.2, 0) is 32.2 Å². The van der Waals surface area contributed by atoms with Gasteiger partial charge in [-0.2, -0.15) is 0 Å². The Kier molecular flexibility index (Phi) is 10.9. The minimum absolute atomic E-state index is 0.0325. The summed E-state index contributed by atoms with van der Waals surface area (Å²) in [5.74, 6) is 0.405. The van der Waals surface area contributed by atoms with E-state index in [4.69, 9.17) is 18.9 Å². The molecular formula is C32H37NO6S. The third kappa shape index (κ3) is 7.81. The van der Waals surface area contributed by atoms with Gasteiger partial charge < -0.3 is 18.9 Å². The lowest BCUT2D eigenvalue weighted by atomic mass is 10.0. The fraction of sp³-hybridized carbons (Fsp3) is 0.375. The first-order valence-corrected chi connectivity index (χ1v) is 14.4. The summed E-state index contributed by atoms with van der Waals surface area (Å²) < 4.78 is 22.3. The highest BCUT2D eigenvalue weighted by atomic mass is 32.1. The van der Waals surface area contributed by atoms with Crippen molar-refractivity contribution >= 4 is 28.9 Å². The van der Waals surface area contributed by atoms with Crippen molar-refractivity contribution in [2.75, 3.05) is 25.7 Å². The van der Waals surface area contributed by atoms with E-state index in [0.29, 0.717) is 24.7 Å². The van der Waals surface area contributed by atoms with Gasteiger partial charge in [-0.25, -0.2) is 4.79 Å². The molecule has 7 nitrogen and oxygen atoms in total. The van der Waals surface area contributed by atoms with Gasteiger partial charge in [0.25, 0.3) is 5.91 Å². The third-order valence-electron chi connectivity index (χ3n) is 6.83. The van der Waals surface area contributed by atoms with Crippen LogP contribution in [0, 0.1) is 0 Å². The van der Waals surface area contributed by atoms with E-state index in [2.05, 4.69) is 19.1 Å². The third-order valence-corrected chi connectivity index (χ3v) is 7.87. The minimum atomic E-state index is -0.353. The molecule has 1 aromatic heterocycles. The molecule has 3 aromatic rings. The van der Waals surface area contributed by atoms with Gasteiger partial charge in [0.15, 0.2) is 0 Å². The second-order valence-corrected chi connectivity index (χ2v) is 10.8. The van der Waals surface area contributed by atoms with E-state index in [1.54, 1.807) is 24.2 Å². The van der Waals surface area contributed by atoms with Gasteiger partial charge in [-0.15, -0.1) is 11.3 Å². The number of nitrogens with zero attached hydrogens (tertiary/aromatic N) is 1. The summed E-state index contributed by atoms with van der Waals surface area (Å²) in [6, 6.07) is 19.4. The second kappa shape index (κ2) is 14.8. The largest absolute Gasteiger partial charge is 0.497 e. The molecule has 1 unspecified atom stereocenters. The summed E-state index contributed by atoms with van der Waals surface area (Å²) in [6.45, 7) is 3.42. The first-order chi connectivity index (χ1) is 19.5. The molecule has 0 aliphatic carbocycles. The lowest BCUT2D eigenvalue weighted by molar-refractivity contribution is -0.114. The summed E-state index contributed by atoms with van der Waals surface area (Å²) in [7, 11) is 3.03. The lowest BCUT2D eigenvalue weighted by Crippen LogP contribution is -2.36. The number of methoxy groups -OCH3 is 2. The number of carbonyl (C=O) groups excluding carboxylic acids is 2. The zero-order valence-corrected chi connectivity index (χ0v) is 24.2. The van der Waals surface area contributed by atoms with Crippen LogP contribution < -0.4 is 9.64 Å². The first-order valence-electron chi connectivity index (χ1n) is 13.6. The highest BCUT2D eigenvalue weighted by molar-refractivity contribution is 7.13. The standard InChI is InChI=1S/C32H37NO6S/c1-4-5-6-7-29(39-20-23-8-15-27(36-2)16-9-23)24-10-12-25(13-11-24)33-26(14-19-31(33)34)21-38-22-28-17-18-30(40-28)32(35)37-3/h8-19,26,29H,4-7,20-22H2,1-3H3/t26-,29?/m1/s1. The van der Waals surface area contributed by atoms with E-state index in [0.717, 1.165) is 53.1 Å². The zero-order chi connectivity index (χ0) is 28.3. The predicted molar refractivity (Wildman–Crippen MR) is 157 cm³/mol. The molecule has 0 fully saturated rings. The Morgan fingerprint density at radius 1 is 0.975 bits per heavy atom. The number of unbranched alkanes of at least 4 members (excludes halogenated alkanes) is 2. The van der Waals surface area contributed by atoms with Gasteiger partial charge in [0.1, 0.15) is 10.6 Å². The number of amides is 1. The number of rotatable bonds is 15. The Hall–Kier alpha value is -3.46. The molecule has 0 saturated heterocycles. The Labute approximate surface area is 240 Å². The van der Waals surface area contributed by atoms with Crippen molar-refractivity contribution in [1.82, 2.24) is 0 Å². The van der Waals surface area contributed by atoms with Crippen LogP contribution in [0.3, 0.4) is 0 Å². The van der Waals surface area contributed by atoms with Gasteiger partial charge in [-0.3, -0.25) is 9.69 Å². The Morgan fingerprint density at radius 2 is 1.75 bits per heavy atom. The number of benzene rings is 2. The van der Waals surface area contributed by atoms with E-state index in [1.807, 2.05) is 48.5 Å². The average molecular weight is 564 g/mol. The molecular weight excluding hydrogens is 526 g/mol. The number of anilines is 1. The molecule has 4 rings (SSSR count). The summed E-state index contributed by atoms with van der Waals surface area (Å²) >= 11 is 1.35. The summed E-state index contributed by atoms with van der Waals surface area (Å²) in [5.41, 5.74) is 3.01. The van der Waals surface area contributed by atoms with Gasteiger partial charge in [0.2, 0.25) is 0 Å². The molecule has 2 atom stereocenters. The normalized spacial score (nSPS) is 15.4. The van der Waals surface area contributed by atoms with Crippen LogP contribution in [0.25, 0.3) is 0 Å². The van der Waals surface area contributed by atoms with E-state index in [-0.39, 0.29) is 24.0 Å². The fourth-order valence-corrected chi connectivity index (χ4v) is 5.48. The molecule has 2 aromatic carbocycles. The SMILES string of the molecule is CCCCCC(OCc1ccc(OC)cc1)c1ccc(N2C(=O)C=C[C@@H]2COCc2ccc(C(=O)OC)s2)cc1. The van der Waals surface area contributed by atoms with Gasteiger partial charge in [0.05, 0.1) is 46.2 Å². The van der Waals surface area contributed by atoms with Gasteiger partial charge in [-0.05, 0) is 53.9 Å². The topological polar surface area (TPSA) is 74.3 Å². The van der Waals surface area contributed by atoms with Crippen molar-refractivity contribution in [3.05, 3.63) is 93.7 Å². The van der Waals surface area contributed by atoms with Crippen LogP contribution >= 0.6 is 11.3 Å². The van der Waals surface area contributed by atoms with Crippen molar-refractivity contribution in [3.63, 3.8) is 0 Å². The highest BCUT2D eigenvalue weighted by Crippen LogP contribution is 2.30. The summed E-state index contributed by atoms with van der Waals surface area (Å²) in [5, 5.41) is 0. The average Bonchev–Trinajstić information content (AvgIpc) is 3.61. The van der Waals surface area contributed by atoms with E-state index >= 15 is 0 Å². The van der Waals surface area contributed by atoms with Crippen LogP contribution in [0.5, 0.6) is 5.75 Å². The molecule has 8 heteroatoms. The lowest BCUT2D eigenvalue weighted by Gasteiger charge is -2.25. The number of esters is 1. The van der Waals surface area contributed by atoms with Crippen LogP contribution in [0.15, 0.2) is 72.8 Å². The molecule has 2 heterocycles. The summed E-state index contributed by atoms with van der Waals surface area (Å²) in [6.07, 6.45) is 7.76. The van der Waals surface area contributed by atoms with Gasteiger partial charge >= 0.3 is 5.97 Å². The molecule has 0 N–H and O–H groups in total. The molecule has 212 valence electrons. The molecule has 1 aliphatic rings. The Balaban J connectivity index is 1.37. The van der Waals surface area contributed by atoms with Gasteiger partial charge in [0, 0.05) is 16.6 Å². The van der Waals surface area contributed by atoms with E-state index in [1.165, 1.54) is 18.4 Å². The van der Waals surface area contributed by atoms with Crippen LogP contribution in [-0.4, -0.2) is 38.7 Å². The Bertz CT molecular complexity index is 1270. The maximum absolute atomic E-state index is 12.7. The van der Waals surface area contributed by atoms with Crippen molar-refractivity contribution in [2.45, 2.75) is 58.0 Å². The smallest absolute Gasteiger partial charge is 0.348 e. The van der Waals surface area contributed by atoms with Crippen molar-refractivity contribution in [2.24, 2.45) is 0 Å². The molecule has 0 radical (unpaired) electrons. The molecule has 1 amide bonds. The number of carbonyl (C=O) groups is 2. The predicted octanol–water partition coefficient (Wildman–Crippen LogP) is 6.87. The molecule has 40 heavy (non-hydrogen) atoms. The Morgan fingerprint density at radius 3 is 2.45 bits per heavy atom. The summed E-state index contributed by atoms with van der Waals surface area (Å²) in [4.78, 5) is 27.6. The first kappa shape index (κ1) is 29.5.